The van der Waals surface area contributed by atoms with Gasteiger partial charge in [-0.25, -0.2) is 0 Å². The molecule has 1 aromatic heterocycles. The van der Waals surface area contributed by atoms with Crippen molar-refractivity contribution in [2.24, 2.45) is 0 Å². The van der Waals surface area contributed by atoms with E-state index < -0.39 is 0 Å². The Kier molecular flexibility index (Phi) is 5.13. The summed E-state index contributed by atoms with van der Waals surface area (Å²) in [6.07, 6.45) is 2.70. The lowest BCUT2D eigenvalue weighted by Gasteiger charge is -2.34. The van der Waals surface area contributed by atoms with Crippen molar-refractivity contribution in [3.8, 4) is 11.3 Å². The van der Waals surface area contributed by atoms with Crippen molar-refractivity contribution in [1.82, 2.24) is 10.1 Å². The average molecular weight is 369 g/mol. The van der Waals surface area contributed by atoms with Crippen LogP contribution in [0.5, 0.6) is 0 Å². The van der Waals surface area contributed by atoms with Gasteiger partial charge >= 0.3 is 0 Å². The number of piperidine rings is 1. The van der Waals surface area contributed by atoms with Gasteiger partial charge in [0, 0.05) is 12.1 Å². The summed E-state index contributed by atoms with van der Waals surface area (Å²) in [5.41, 5.74) is 1.18. The third-order valence-electron chi connectivity index (χ3n) is 4.37. The summed E-state index contributed by atoms with van der Waals surface area (Å²) in [6.45, 7) is 2.23. The molecule has 1 amide bonds. The van der Waals surface area contributed by atoms with Crippen molar-refractivity contribution in [3.05, 3.63) is 39.6 Å². The van der Waals surface area contributed by atoms with Crippen molar-refractivity contribution in [3.63, 3.8) is 0 Å². The summed E-state index contributed by atoms with van der Waals surface area (Å²) in [5.74, 6) is 0.201. The summed E-state index contributed by atoms with van der Waals surface area (Å²) < 4.78 is 5.26. The number of carbonyl (C=O) groups is 1. The van der Waals surface area contributed by atoms with Crippen molar-refractivity contribution in [2.45, 2.75) is 32.2 Å². The summed E-state index contributed by atoms with van der Waals surface area (Å²) in [5, 5.41) is 14.4. The van der Waals surface area contributed by atoms with E-state index >= 15 is 0 Å². The number of carbonyl (C=O) groups excluding carboxylic acids is 1. The molecule has 1 atom stereocenters. The van der Waals surface area contributed by atoms with Crippen LogP contribution in [0.25, 0.3) is 11.3 Å². The SMILES string of the molecule is Cc1onc(-c2c(Cl)cccc2Cl)c1C(=O)N1CCCCC1CO. The predicted molar refractivity (Wildman–Crippen MR) is 92.5 cm³/mol. The number of nitrogens with zero attached hydrogens (tertiary/aromatic N) is 2. The summed E-state index contributed by atoms with van der Waals surface area (Å²) in [4.78, 5) is 14.8. The summed E-state index contributed by atoms with van der Waals surface area (Å²) >= 11 is 12.5. The van der Waals surface area contributed by atoms with Crippen molar-refractivity contribution < 1.29 is 14.4 Å². The van der Waals surface area contributed by atoms with Gasteiger partial charge < -0.3 is 14.5 Å². The number of aliphatic hydroxyl groups is 1. The molecule has 1 saturated heterocycles. The second kappa shape index (κ2) is 7.13. The Morgan fingerprint density at radius 2 is 2.08 bits per heavy atom. The Labute approximate surface area is 150 Å². The van der Waals surface area contributed by atoms with Crippen LogP contribution in [0.3, 0.4) is 0 Å². The van der Waals surface area contributed by atoms with Gasteiger partial charge in [-0.1, -0.05) is 34.4 Å². The maximum absolute atomic E-state index is 13.1. The van der Waals surface area contributed by atoms with E-state index in [-0.39, 0.29) is 18.6 Å². The molecule has 2 heterocycles. The standard InChI is InChI=1S/C17H18Cl2N2O3/c1-10-14(17(23)21-8-3-2-5-11(21)9-22)16(20-24-10)15-12(18)6-4-7-13(15)19/h4,6-7,11,22H,2-3,5,8-9H2,1H3. The van der Waals surface area contributed by atoms with Crippen LogP contribution in [0.2, 0.25) is 10.0 Å². The maximum Gasteiger partial charge on any atom is 0.260 e. The van der Waals surface area contributed by atoms with Crippen LogP contribution >= 0.6 is 23.2 Å². The number of hydrogen-bond acceptors (Lipinski definition) is 4. The monoisotopic (exact) mass is 368 g/mol. The van der Waals surface area contributed by atoms with Gasteiger partial charge in [0.1, 0.15) is 17.0 Å². The number of amides is 1. The number of aromatic nitrogens is 1. The Morgan fingerprint density at radius 3 is 2.75 bits per heavy atom. The minimum absolute atomic E-state index is 0.0573. The zero-order valence-electron chi connectivity index (χ0n) is 13.3. The first-order chi connectivity index (χ1) is 11.5. The largest absolute Gasteiger partial charge is 0.394 e. The van der Waals surface area contributed by atoms with Crippen molar-refractivity contribution >= 4 is 29.1 Å². The Bertz CT molecular complexity index is 740. The molecule has 24 heavy (non-hydrogen) atoms. The molecular formula is C17H18Cl2N2O3. The fraction of sp³-hybridized carbons (Fsp3) is 0.412. The molecule has 1 aliphatic rings. The lowest BCUT2D eigenvalue weighted by atomic mass is 9.99. The molecule has 1 aromatic carbocycles. The molecule has 128 valence electrons. The van der Waals surface area contributed by atoms with Crippen LogP contribution < -0.4 is 0 Å². The minimum atomic E-state index is -0.210. The number of halogens is 2. The molecule has 0 aliphatic carbocycles. The van der Waals surface area contributed by atoms with Crippen LogP contribution in [-0.2, 0) is 0 Å². The molecule has 1 unspecified atom stereocenters. The Morgan fingerprint density at radius 1 is 1.38 bits per heavy atom. The second-order valence-electron chi connectivity index (χ2n) is 5.89. The molecule has 2 aromatic rings. The van der Waals surface area contributed by atoms with Crippen molar-refractivity contribution in [1.29, 1.82) is 0 Å². The molecule has 3 rings (SSSR count). The molecule has 7 heteroatoms. The number of aryl methyl sites for hydroxylation is 1. The molecular weight excluding hydrogens is 351 g/mol. The number of likely N-dealkylation sites (tertiary alicyclic amines) is 1. The number of aliphatic hydroxyl groups excluding tert-OH is 1. The van der Waals surface area contributed by atoms with E-state index in [1.54, 1.807) is 30.0 Å². The van der Waals surface area contributed by atoms with E-state index in [1.165, 1.54) is 0 Å². The highest BCUT2D eigenvalue weighted by molar-refractivity contribution is 6.39. The molecule has 0 saturated carbocycles. The zero-order valence-corrected chi connectivity index (χ0v) is 14.8. The van der Waals surface area contributed by atoms with Gasteiger partial charge in [-0.05, 0) is 38.3 Å². The smallest absolute Gasteiger partial charge is 0.260 e. The van der Waals surface area contributed by atoms with Gasteiger partial charge in [-0.2, -0.15) is 0 Å². The minimum Gasteiger partial charge on any atom is -0.394 e. The first-order valence-electron chi connectivity index (χ1n) is 7.87. The Balaban J connectivity index is 2.06. The lowest BCUT2D eigenvalue weighted by Crippen LogP contribution is -2.45. The Hall–Kier alpha value is -1.56. The highest BCUT2D eigenvalue weighted by atomic mass is 35.5. The molecule has 5 nitrogen and oxygen atoms in total. The lowest BCUT2D eigenvalue weighted by molar-refractivity contribution is 0.0502. The van der Waals surface area contributed by atoms with Gasteiger partial charge in [-0.3, -0.25) is 4.79 Å². The van der Waals surface area contributed by atoms with E-state index in [0.717, 1.165) is 19.3 Å². The number of rotatable bonds is 3. The molecule has 1 fully saturated rings. The zero-order chi connectivity index (χ0) is 17.3. The first-order valence-corrected chi connectivity index (χ1v) is 8.62. The quantitative estimate of drug-likeness (QED) is 0.890. The third kappa shape index (κ3) is 3.04. The average Bonchev–Trinajstić information content (AvgIpc) is 2.95. The van der Waals surface area contributed by atoms with E-state index in [9.17, 15) is 9.90 Å². The van der Waals surface area contributed by atoms with Gasteiger partial charge in [0.25, 0.3) is 5.91 Å². The highest BCUT2D eigenvalue weighted by Crippen LogP contribution is 2.37. The van der Waals surface area contributed by atoms with Crippen LogP contribution in [0.1, 0.15) is 35.4 Å². The molecule has 0 bridgehead atoms. The third-order valence-corrected chi connectivity index (χ3v) is 5.00. The highest BCUT2D eigenvalue weighted by Gasteiger charge is 2.32. The number of benzene rings is 1. The van der Waals surface area contributed by atoms with Crippen LogP contribution in [0.4, 0.5) is 0 Å². The van der Waals surface area contributed by atoms with E-state index in [1.807, 2.05) is 0 Å². The maximum atomic E-state index is 13.1. The molecule has 1 N–H and O–H groups in total. The van der Waals surface area contributed by atoms with E-state index in [4.69, 9.17) is 27.7 Å². The molecule has 0 radical (unpaired) electrons. The topological polar surface area (TPSA) is 66.6 Å². The van der Waals surface area contributed by atoms with Crippen LogP contribution in [0.15, 0.2) is 22.7 Å². The van der Waals surface area contributed by atoms with Gasteiger partial charge in [0.2, 0.25) is 0 Å². The molecule has 0 spiro atoms. The van der Waals surface area contributed by atoms with E-state index in [2.05, 4.69) is 5.16 Å². The van der Waals surface area contributed by atoms with Gasteiger partial charge in [-0.15, -0.1) is 0 Å². The van der Waals surface area contributed by atoms with Crippen LogP contribution in [-0.4, -0.2) is 40.3 Å². The normalized spacial score (nSPS) is 18.0. The number of hydrogen-bond donors (Lipinski definition) is 1. The van der Waals surface area contributed by atoms with Gasteiger partial charge in [0.15, 0.2) is 0 Å². The fourth-order valence-electron chi connectivity index (χ4n) is 3.12. The van der Waals surface area contributed by atoms with E-state index in [0.29, 0.717) is 39.2 Å². The van der Waals surface area contributed by atoms with Gasteiger partial charge in [0.05, 0.1) is 22.7 Å². The molecule has 1 aliphatic heterocycles. The second-order valence-corrected chi connectivity index (χ2v) is 6.70. The summed E-state index contributed by atoms with van der Waals surface area (Å²) in [7, 11) is 0. The van der Waals surface area contributed by atoms with Crippen molar-refractivity contribution in [2.75, 3.05) is 13.2 Å². The fourth-order valence-corrected chi connectivity index (χ4v) is 3.70. The predicted octanol–water partition coefficient (Wildman–Crippen LogP) is 3.94. The van der Waals surface area contributed by atoms with Crippen LogP contribution in [0, 0.1) is 6.92 Å². The summed E-state index contributed by atoms with van der Waals surface area (Å²) in [6, 6.07) is 4.93. The first kappa shape index (κ1) is 17.3.